The van der Waals surface area contributed by atoms with Gasteiger partial charge in [0.15, 0.2) is 11.0 Å². The van der Waals surface area contributed by atoms with Gasteiger partial charge in [0.2, 0.25) is 0 Å². The molecule has 3 aromatic carbocycles. The zero-order valence-electron chi connectivity index (χ0n) is 23.1. The van der Waals surface area contributed by atoms with Gasteiger partial charge in [-0.05, 0) is 74.5 Å². The number of benzene rings is 3. The standard InChI is InChI=1S/C30H29N7O3S/c1-20-27(21(2)37(35-20)24-8-6-5-7-9-24)18-31-32-28(38)19-41-30-34-33-29(22-10-14-25(39-3)15-11-22)36(30)23-12-16-26(40-4)17-13-23/h5-18H,19H2,1-4H3,(H,32,38). The first kappa shape index (κ1) is 27.7. The van der Waals surface area contributed by atoms with Crippen LogP contribution >= 0.6 is 11.8 Å². The molecule has 0 fully saturated rings. The highest BCUT2D eigenvalue weighted by Crippen LogP contribution is 2.30. The van der Waals surface area contributed by atoms with Crippen molar-refractivity contribution >= 4 is 23.9 Å². The minimum atomic E-state index is -0.271. The third kappa shape index (κ3) is 6.15. The van der Waals surface area contributed by atoms with Gasteiger partial charge in [-0.25, -0.2) is 10.1 Å². The van der Waals surface area contributed by atoms with Crippen molar-refractivity contribution in [3.63, 3.8) is 0 Å². The summed E-state index contributed by atoms with van der Waals surface area (Å²) in [6, 6.07) is 25.0. The van der Waals surface area contributed by atoms with E-state index in [1.165, 1.54) is 11.8 Å². The molecular formula is C30H29N7O3S. The number of aryl methyl sites for hydroxylation is 1. The fourth-order valence-corrected chi connectivity index (χ4v) is 4.99. The van der Waals surface area contributed by atoms with E-state index in [4.69, 9.17) is 9.47 Å². The molecule has 0 bridgehead atoms. The molecule has 208 valence electrons. The lowest BCUT2D eigenvalue weighted by Crippen LogP contribution is -2.20. The molecule has 10 nitrogen and oxygen atoms in total. The third-order valence-corrected chi connectivity index (χ3v) is 7.30. The largest absolute Gasteiger partial charge is 0.497 e. The molecule has 5 aromatic rings. The van der Waals surface area contributed by atoms with Gasteiger partial charge in [0.05, 0.1) is 43.3 Å². The summed E-state index contributed by atoms with van der Waals surface area (Å²) in [7, 11) is 3.25. The summed E-state index contributed by atoms with van der Waals surface area (Å²) in [5.41, 5.74) is 7.87. The van der Waals surface area contributed by atoms with E-state index in [-0.39, 0.29) is 11.7 Å². The van der Waals surface area contributed by atoms with Crippen molar-refractivity contribution in [3.05, 3.63) is 95.8 Å². The van der Waals surface area contributed by atoms with Crippen molar-refractivity contribution < 1.29 is 14.3 Å². The normalized spacial score (nSPS) is 11.1. The number of ether oxygens (including phenoxy) is 2. The summed E-state index contributed by atoms with van der Waals surface area (Å²) >= 11 is 1.27. The number of amides is 1. The number of methoxy groups -OCH3 is 2. The smallest absolute Gasteiger partial charge is 0.250 e. The number of thioether (sulfide) groups is 1. The molecule has 0 aliphatic carbocycles. The molecule has 0 saturated carbocycles. The van der Waals surface area contributed by atoms with Crippen LogP contribution in [0.5, 0.6) is 11.5 Å². The second kappa shape index (κ2) is 12.5. The second-order valence-electron chi connectivity index (χ2n) is 8.98. The molecule has 1 N–H and O–H groups in total. The van der Waals surface area contributed by atoms with Crippen LogP contribution in [0.25, 0.3) is 22.8 Å². The second-order valence-corrected chi connectivity index (χ2v) is 9.92. The first-order chi connectivity index (χ1) is 20.0. The van der Waals surface area contributed by atoms with E-state index in [1.807, 2.05) is 102 Å². The van der Waals surface area contributed by atoms with Gasteiger partial charge in [-0.2, -0.15) is 10.2 Å². The Morgan fingerprint density at radius 3 is 2.22 bits per heavy atom. The molecule has 41 heavy (non-hydrogen) atoms. The molecule has 2 heterocycles. The van der Waals surface area contributed by atoms with Gasteiger partial charge in [0.25, 0.3) is 5.91 Å². The SMILES string of the molecule is COc1ccc(-c2nnc(SCC(=O)NN=Cc3c(C)nn(-c4ccccc4)c3C)n2-c2ccc(OC)cc2)cc1. The molecule has 0 atom stereocenters. The topological polar surface area (TPSA) is 108 Å². The molecule has 0 saturated heterocycles. The molecular weight excluding hydrogens is 538 g/mol. The van der Waals surface area contributed by atoms with Gasteiger partial charge in [0.1, 0.15) is 11.5 Å². The summed E-state index contributed by atoms with van der Waals surface area (Å²) in [5, 5.41) is 18.2. The van der Waals surface area contributed by atoms with Crippen molar-refractivity contribution in [1.82, 2.24) is 30.0 Å². The van der Waals surface area contributed by atoms with Gasteiger partial charge in [-0.15, -0.1) is 10.2 Å². The number of hydrazone groups is 1. The monoisotopic (exact) mass is 567 g/mol. The Morgan fingerprint density at radius 2 is 1.56 bits per heavy atom. The Labute approximate surface area is 242 Å². The molecule has 0 aliphatic heterocycles. The maximum absolute atomic E-state index is 12.7. The van der Waals surface area contributed by atoms with Crippen LogP contribution in [0.15, 0.2) is 89.1 Å². The number of hydrogen-bond acceptors (Lipinski definition) is 8. The van der Waals surface area contributed by atoms with E-state index >= 15 is 0 Å². The van der Waals surface area contributed by atoms with Gasteiger partial charge in [-0.1, -0.05) is 30.0 Å². The zero-order valence-corrected chi connectivity index (χ0v) is 23.9. The Kier molecular flexibility index (Phi) is 8.44. The molecule has 2 aromatic heterocycles. The number of hydrogen-bond donors (Lipinski definition) is 1. The Morgan fingerprint density at radius 1 is 0.902 bits per heavy atom. The van der Waals surface area contributed by atoms with Gasteiger partial charge in [-0.3, -0.25) is 9.36 Å². The third-order valence-electron chi connectivity index (χ3n) is 6.38. The highest BCUT2D eigenvalue weighted by atomic mass is 32.2. The Bertz CT molecular complexity index is 1660. The molecule has 0 aliphatic rings. The lowest BCUT2D eigenvalue weighted by molar-refractivity contribution is -0.118. The average molecular weight is 568 g/mol. The maximum Gasteiger partial charge on any atom is 0.250 e. The van der Waals surface area contributed by atoms with Crippen molar-refractivity contribution in [3.8, 4) is 34.3 Å². The number of rotatable bonds is 10. The molecule has 0 spiro atoms. The highest BCUT2D eigenvalue weighted by Gasteiger charge is 2.18. The fraction of sp³-hybridized carbons (Fsp3) is 0.167. The van der Waals surface area contributed by atoms with E-state index in [0.717, 1.165) is 45.4 Å². The Balaban J connectivity index is 1.31. The lowest BCUT2D eigenvalue weighted by Gasteiger charge is -2.11. The van der Waals surface area contributed by atoms with Crippen molar-refractivity contribution in [2.24, 2.45) is 5.10 Å². The van der Waals surface area contributed by atoms with Crippen LogP contribution in [0.4, 0.5) is 0 Å². The summed E-state index contributed by atoms with van der Waals surface area (Å²) in [6.07, 6.45) is 1.63. The number of carbonyl (C=O) groups is 1. The lowest BCUT2D eigenvalue weighted by atomic mass is 10.2. The van der Waals surface area contributed by atoms with Crippen molar-refractivity contribution in [2.75, 3.05) is 20.0 Å². The van der Waals surface area contributed by atoms with Crippen LogP contribution in [0.3, 0.4) is 0 Å². The van der Waals surface area contributed by atoms with E-state index in [9.17, 15) is 4.79 Å². The van der Waals surface area contributed by atoms with Gasteiger partial charge < -0.3 is 9.47 Å². The van der Waals surface area contributed by atoms with Crippen LogP contribution < -0.4 is 14.9 Å². The summed E-state index contributed by atoms with van der Waals surface area (Å²) in [4.78, 5) is 12.7. The van der Waals surface area contributed by atoms with Crippen LogP contribution in [0.1, 0.15) is 17.0 Å². The number of aromatic nitrogens is 5. The molecule has 1 amide bonds. The van der Waals surface area contributed by atoms with Crippen LogP contribution in [0.2, 0.25) is 0 Å². The summed E-state index contributed by atoms with van der Waals surface area (Å²) < 4.78 is 14.4. The summed E-state index contributed by atoms with van der Waals surface area (Å²) in [5.74, 6) is 1.94. The van der Waals surface area contributed by atoms with Crippen LogP contribution in [-0.2, 0) is 4.79 Å². The van der Waals surface area contributed by atoms with Crippen LogP contribution in [-0.4, -0.2) is 56.6 Å². The zero-order chi connectivity index (χ0) is 28.8. The number of para-hydroxylation sites is 1. The number of nitrogens with one attached hydrogen (secondary N) is 1. The van der Waals surface area contributed by atoms with Crippen molar-refractivity contribution in [2.45, 2.75) is 19.0 Å². The highest BCUT2D eigenvalue weighted by molar-refractivity contribution is 7.99. The average Bonchev–Trinajstić information content (AvgIpc) is 3.57. The predicted octanol–water partition coefficient (Wildman–Crippen LogP) is 5.00. The van der Waals surface area contributed by atoms with E-state index in [0.29, 0.717) is 11.0 Å². The molecule has 11 heteroatoms. The Hall–Kier alpha value is -4.90. The minimum absolute atomic E-state index is 0.0927. The maximum atomic E-state index is 12.7. The van der Waals surface area contributed by atoms with Gasteiger partial charge >= 0.3 is 0 Å². The number of nitrogens with zero attached hydrogens (tertiary/aromatic N) is 6. The first-order valence-electron chi connectivity index (χ1n) is 12.8. The minimum Gasteiger partial charge on any atom is -0.497 e. The van der Waals surface area contributed by atoms with E-state index in [2.05, 4.69) is 25.8 Å². The molecule has 0 unspecified atom stereocenters. The van der Waals surface area contributed by atoms with Crippen molar-refractivity contribution in [1.29, 1.82) is 0 Å². The summed E-state index contributed by atoms with van der Waals surface area (Å²) in [6.45, 7) is 3.89. The molecule has 0 radical (unpaired) electrons. The first-order valence-corrected chi connectivity index (χ1v) is 13.8. The van der Waals surface area contributed by atoms with Crippen LogP contribution in [0, 0.1) is 13.8 Å². The number of carbonyl (C=O) groups excluding carboxylic acids is 1. The van der Waals surface area contributed by atoms with E-state index in [1.54, 1.807) is 20.4 Å². The van der Waals surface area contributed by atoms with E-state index < -0.39 is 0 Å². The predicted molar refractivity (Wildman–Crippen MR) is 159 cm³/mol. The molecule has 5 rings (SSSR count). The van der Waals surface area contributed by atoms with Gasteiger partial charge in [0, 0.05) is 16.8 Å². The quantitative estimate of drug-likeness (QED) is 0.144. The fourth-order valence-electron chi connectivity index (χ4n) is 4.25.